The molecule has 1 aromatic rings. The monoisotopic (exact) mass is 301 g/mol. The number of benzene rings is 1. The second-order valence-corrected chi connectivity index (χ2v) is 4.94. The first-order valence-electron chi connectivity index (χ1n) is 6.93. The first kappa shape index (κ1) is 17.1. The Morgan fingerprint density at radius 2 is 1.70 bits per heavy atom. The van der Waals surface area contributed by atoms with Crippen LogP contribution >= 0.6 is 12.4 Å². The van der Waals surface area contributed by atoms with E-state index in [0.29, 0.717) is 6.61 Å². The molecule has 1 aromatic carbocycles. The van der Waals surface area contributed by atoms with Gasteiger partial charge in [-0.05, 0) is 38.1 Å². The smallest absolute Gasteiger partial charge is 0.119 e. The summed E-state index contributed by atoms with van der Waals surface area (Å²) in [5, 5.41) is 0. The lowest BCUT2D eigenvalue weighted by atomic mass is 10.3. The molecule has 1 heterocycles. The van der Waals surface area contributed by atoms with E-state index in [4.69, 9.17) is 14.2 Å². The summed E-state index contributed by atoms with van der Waals surface area (Å²) >= 11 is 0. The van der Waals surface area contributed by atoms with E-state index in [1.165, 1.54) is 0 Å². The van der Waals surface area contributed by atoms with Gasteiger partial charge in [0.1, 0.15) is 18.1 Å². The van der Waals surface area contributed by atoms with Gasteiger partial charge in [0, 0.05) is 19.6 Å². The number of rotatable bonds is 6. The molecular formula is C15H24ClNO3. The van der Waals surface area contributed by atoms with Gasteiger partial charge in [-0.25, -0.2) is 0 Å². The highest BCUT2D eigenvalue weighted by Gasteiger charge is 2.09. The predicted octanol–water partition coefficient (Wildman–Crippen LogP) is 2.61. The molecule has 0 aliphatic carbocycles. The molecule has 114 valence electrons. The summed E-state index contributed by atoms with van der Waals surface area (Å²) in [5.74, 6) is 1.78. The first-order valence-corrected chi connectivity index (χ1v) is 6.93. The van der Waals surface area contributed by atoms with Crippen molar-refractivity contribution in [1.29, 1.82) is 0 Å². The number of hydrogen-bond acceptors (Lipinski definition) is 4. The molecule has 20 heavy (non-hydrogen) atoms. The topological polar surface area (TPSA) is 30.9 Å². The maximum Gasteiger partial charge on any atom is 0.119 e. The van der Waals surface area contributed by atoms with Crippen LogP contribution in [0.3, 0.4) is 0 Å². The largest absolute Gasteiger partial charge is 0.492 e. The third-order valence-corrected chi connectivity index (χ3v) is 2.98. The van der Waals surface area contributed by atoms with Gasteiger partial charge in [0.15, 0.2) is 0 Å². The Bertz CT molecular complexity index is 364. The van der Waals surface area contributed by atoms with E-state index < -0.39 is 0 Å². The quantitative estimate of drug-likeness (QED) is 0.808. The molecule has 0 radical (unpaired) electrons. The molecule has 0 spiro atoms. The molecule has 5 heteroatoms. The second-order valence-electron chi connectivity index (χ2n) is 4.94. The van der Waals surface area contributed by atoms with E-state index in [9.17, 15) is 0 Å². The van der Waals surface area contributed by atoms with Gasteiger partial charge >= 0.3 is 0 Å². The zero-order valence-corrected chi connectivity index (χ0v) is 13.0. The zero-order valence-electron chi connectivity index (χ0n) is 12.2. The van der Waals surface area contributed by atoms with Crippen molar-refractivity contribution in [3.05, 3.63) is 24.3 Å². The Hall–Kier alpha value is -0.970. The lowest BCUT2D eigenvalue weighted by molar-refractivity contribution is 0.0322. The van der Waals surface area contributed by atoms with Crippen LogP contribution in [-0.2, 0) is 4.74 Å². The second kappa shape index (κ2) is 9.06. The van der Waals surface area contributed by atoms with Gasteiger partial charge in [0.25, 0.3) is 0 Å². The van der Waals surface area contributed by atoms with Gasteiger partial charge in [-0.15, -0.1) is 12.4 Å². The number of nitrogens with zero attached hydrogens (tertiary/aromatic N) is 1. The van der Waals surface area contributed by atoms with Crippen LogP contribution in [0.1, 0.15) is 13.8 Å². The highest BCUT2D eigenvalue weighted by atomic mass is 35.5. The Balaban J connectivity index is 0.00000200. The summed E-state index contributed by atoms with van der Waals surface area (Å²) in [6.45, 7) is 9.38. The first-order chi connectivity index (χ1) is 9.24. The van der Waals surface area contributed by atoms with Gasteiger partial charge < -0.3 is 14.2 Å². The fraction of sp³-hybridized carbons (Fsp3) is 0.600. The molecule has 0 atom stereocenters. The van der Waals surface area contributed by atoms with Crippen molar-refractivity contribution in [1.82, 2.24) is 4.90 Å². The van der Waals surface area contributed by atoms with Crippen molar-refractivity contribution in [3.63, 3.8) is 0 Å². The van der Waals surface area contributed by atoms with Crippen LogP contribution in [0.4, 0.5) is 0 Å². The van der Waals surface area contributed by atoms with Crippen molar-refractivity contribution in [2.45, 2.75) is 20.0 Å². The highest BCUT2D eigenvalue weighted by molar-refractivity contribution is 5.85. The fourth-order valence-electron chi connectivity index (χ4n) is 2.00. The third-order valence-electron chi connectivity index (χ3n) is 2.98. The molecule has 0 saturated carbocycles. The molecule has 1 saturated heterocycles. The molecule has 1 aliphatic rings. The molecule has 0 aromatic heterocycles. The third kappa shape index (κ3) is 5.99. The van der Waals surface area contributed by atoms with Crippen LogP contribution in [0.15, 0.2) is 24.3 Å². The maximum atomic E-state index is 5.73. The van der Waals surface area contributed by atoms with Crippen LogP contribution in [-0.4, -0.2) is 50.5 Å². The minimum absolute atomic E-state index is 0. The standard InChI is InChI=1S/C15H23NO3.ClH/c1-13(2)19-15-5-3-14(4-6-15)18-12-9-16-7-10-17-11-8-16;/h3-6,13H,7-12H2,1-2H3;1H. The minimum Gasteiger partial charge on any atom is -0.492 e. The van der Waals surface area contributed by atoms with Crippen LogP contribution < -0.4 is 9.47 Å². The van der Waals surface area contributed by atoms with Crippen LogP contribution in [0, 0.1) is 0 Å². The Morgan fingerprint density at radius 3 is 2.30 bits per heavy atom. The van der Waals surface area contributed by atoms with E-state index in [1.54, 1.807) is 0 Å². The molecule has 4 nitrogen and oxygen atoms in total. The Morgan fingerprint density at radius 1 is 1.10 bits per heavy atom. The average molecular weight is 302 g/mol. The summed E-state index contributed by atoms with van der Waals surface area (Å²) in [5.41, 5.74) is 0. The Kier molecular flexibility index (Phi) is 7.73. The number of halogens is 1. The van der Waals surface area contributed by atoms with Gasteiger partial charge in [0.05, 0.1) is 19.3 Å². The van der Waals surface area contributed by atoms with E-state index in [2.05, 4.69) is 4.90 Å². The van der Waals surface area contributed by atoms with Crippen molar-refractivity contribution in [3.8, 4) is 11.5 Å². The molecule has 0 unspecified atom stereocenters. The fourth-order valence-corrected chi connectivity index (χ4v) is 2.00. The van der Waals surface area contributed by atoms with E-state index in [1.807, 2.05) is 38.1 Å². The molecule has 1 aliphatic heterocycles. The Labute approximate surface area is 127 Å². The summed E-state index contributed by atoms with van der Waals surface area (Å²) < 4.78 is 16.6. The predicted molar refractivity (Wildman–Crippen MR) is 82.2 cm³/mol. The SMILES string of the molecule is CC(C)Oc1ccc(OCCN2CCOCC2)cc1.Cl. The summed E-state index contributed by atoms with van der Waals surface area (Å²) in [6, 6.07) is 7.81. The highest BCUT2D eigenvalue weighted by Crippen LogP contribution is 2.18. The minimum atomic E-state index is 0. The number of hydrogen-bond donors (Lipinski definition) is 0. The lowest BCUT2D eigenvalue weighted by Crippen LogP contribution is -2.38. The summed E-state index contributed by atoms with van der Waals surface area (Å²) in [7, 11) is 0. The summed E-state index contributed by atoms with van der Waals surface area (Å²) in [6.07, 6.45) is 0.202. The van der Waals surface area contributed by atoms with E-state index in [0.717, 1.165) is 44.3 Å². The van der Waals surface area contributed by atoms with Crippen molar-refractivity contribution in [2.75, 3.05) is 39.5 Å². The van der Waals surface area contributed by atoms with Crippen molar-refractivity contribution >= 4 is 12.4 Å². The average Bonchev–Trinajstić information content (AvgIpc) is 2.41. The number of morpholine rings is 1. The van der Waals surface area contributed by atoms with Gasteiger partial charge in [-0.2, -0.15) is 0 Å². The normalized spacial score (nSPS) is 15.8. The molecule has 0 N–H and O–H groups in total. The lowest BCUT2D eigenvalue weighted by Gasteiger charge is -2.26. The van der Waals surface area contributed by atoms with Crippen molar-refractivity contribution in [2.24, 2.45) is 0 Å². The molecule has 1 fully saturated rings. The van der Waals surface area contributed by atoms with Crippen molar-refractivity contribution < 1.29 is 14.2 Å². The molecule has 2 rings (SSSR count). The zero-order chi connectivity index (χ0) is 13.5. The van der Waals surface area contributed by atoms with E-state index in [-0.39, 0.29) is 18.5 Å². The van der Waals surface area contributed by atoms with Crippen LogP contribution in [0.25, 0.3) is 0 Å². The van der Waals surface area contributed by atoms with Gasteiger partial charge in [-0.1, -0.05) is 0 Å². The molecule has 0 bridgehead atoms. The van der Waals surface area contributed by atoms with Crippen LogP contribution in [0.5, 0.6) is 11.5 Å². The maximum absolute atomic E-state index is 5.73. The molecule has 0 amide bonds. The van der Waals surface area contributed by atoms with E-state index >= 15 is 0 Å². The van der Waals surface area contributed by atoms with Gasteiger partial charge in [0.2, 0.25) is 0 Å². The van der Waals surface area contributed by atoms with Crippen LogP contribution in [0.2, 0.25) is 0 Å². The number of ether oxygens (including phenoxy) is 3. The van der Waals surface area contributed by atoms with Gasteiger partial charge in [-0.3, -0.25) is 4.90 Å². The molecular weight excluding hydrogens is 278 g/mol. The summed E-state index contributed by atoms with van der Waals surface area (Å²) in [4.78, 5) is 2.36.